The molecule has 0 unspecified atom stereocenters. The van der Waals surface area contributed by atoms with E-state index in [0.717, 1.165) is 9.39 Å². The molecular formula is C9H6I2N2. The highest BCUT2D eigenvalue weighted by atomic mass is 127. The summed E-state index contributed by atoms with van der Waals surface area (Å²) < 4.78 is 4.12. The molecule has 0 aliphatic rings. The zero-order chi connectivity index (χ0) is 9.26. The van der Waals surface area contributed by atoms with Crippen LogP contribution in [0.25, 0.3) is 5.69 Å². The van der Waals surface area contributed by atoms with Gasteiger partial charge >= 0.3 is 0 Å². The fraction of sp³-hybridized carbons (Fsp3) is 0. The van der Waals surface area contributed by atoms with Gasteiger partial charge in [0, 0.05) is 6.20 Å². The standard InChI is InChI=1S/C9H6I2N2/c10-8-6-13(12-9(8)11)7-4-2-1-3-5-7/h1-6H. The summed E-state index contributed by atoms with van der Waals surface area (Å²) in [6.07, 6.45) is 2.03. The smallest absolute Gasteiger partial charge is 0.137 e. The van der Waals surface area contributed by atoms with E-state index in [1.54, 1.807) is 0 Å². The lowest BCUT2D eigenvalue weighted by Gasteiger charge is -1.98. The van der Waals surface area contributed by atoms with Crippen LogP contribution in [-0.2, 0) is 0 Å². The second-order valence-corrected chi connectivity index (χ2v) is 4.73. The van der Waals surface area contributed by atoms with Gasteiger partial charge in [0.15, 0.2) is 0 Å². The van der Waals surface area contributed by atoms with Crippen LogP contribution in [0.4, 0.5) is 0 Å². The molecule has 0 radical (unpaired) electrons. The summed E-state index contributed by atoms with van der Waals surface area (Å²) in [5.41, 5.74) is 1.10. The molecule has 66 valence electrons. The lowest BCUT2D eigenvalue weighted by atomic mass is 10.3. The maximum atomic E-state index is 4.38. The molecular weight excluding hydrogens is 390 g/mol. The Morgan fingerprint density at radius 2 is 1.77 bits per heavy atom. The van der Waals surface area contributed by atoms with Crippen molar-refractivity contribution in [1.82, 2.24) is 9.78 Å². The quantitative estimate of drug-likeness (QED) is 0.678. The first kappa shape index (κ1) is 9.45. The summed E-state index contributed by atoms with van der Waals surface area (Å²) in [7, 11) is 0. The van der Waals surface area contributed by atoms with Gasteiger partial charge in [0.2, 0.25) is 0 Å². The number of halogens is 2. The third kappa shape index (κ3) is 2.04. The predicted octanol–water partition coefficient (Wildman–Crippen LogP) is 3.08. The Morgan fingerprint density at radius 1 is 1.08 bits per heavy atom. The summed E-state index contributed by atoms with van der Waals surface area (Å²) in [5, 5.41) is 4.38. The van der Waals surface area contributed by atoms with E-state index in [9.17, 15) is 0 Å². The molecule has 0 atom stereocenters. The molecule has 2 rings (SSSR count). The number of nitrogens with zero attached hydrogens (tertiary/aromatic N) is 2. The monoisotopic (exact) mass is 396 g/mol. The number of para-hydroxylation sites is 1. The van der Waals surface area contributed by atoms with Crippen molar-refractivity contribution in [3.63, 3.8) is 0 Å². The van der Waals surface area contributed by atoms with Gasteiger partial charge < -0.3 is 0 Å². The first-order valence-corrected chi connectivity index (χ1v) is 5.89. The lowest BCUT2D eigenvalue weighted by molar-refractivity contribution is 0.869. The topological polar surface area (TPSA) is 17.8 Å². The van der Waals surface area contributed by atoms with Crippen molar-refractivity contribution in [2.75, 3.05) is 0 Å². The third-order valence-electron chi connectivity index (χ3n) is 1.65. The minimum Gasteiger partial charge on any atom is -0.239 e. The van der Waals surface area contributed by atoms with Crippen LogP contribution in [0.5, 0.6) is 0 Å². The summed E-state index contributed by atoms with van der Waals surface area (Å²) in [5.74, 6) is 0. The van der Waals surface area contributed by atoms with E-state index in [-0.39, 0.29) is 0 Å². The van der Waals surface area contributed by atoms with E-state index in [4.69, 9.17) is 0 Å². The Kier molecular flexibility index (Phi) is 2.87. The van der Waals surface area contributed by atoms with Crippen LogP contribution in [0.2, 0.25) is 0 Å². The van der Waals surface area contributed by atoms with E-state index in [0.29, 0.717) is 0 Å². The largest absolute Gasteiger partial charge is 0.239 e. The van der Waals surface area contributed by atoms with Crippen molar-refractivity contribution in [1.29, 1.82) is 0 Å². The average molecular weight is 396 g/mol. The minimum absolute atomic E-state index is 1.04. The Labute approximate surface area is 104 Å². The van der Waals surface area contributed by atoms with E-state index >= 15 is 0 Å². The first-order valence-electron chi connectivity index (χ1n) is 3.73. The molecule has 13 heavy (non-hydrogen) atoms. The van der Waals surface area contributed by atoms with Crippen LogP contribution < -0.4 is 0 Å². The lowest BCUT2D eigenvalue weighted by Crippen LogP contribution is -1.93. The van der Waals surface area contributed by atoms with Crippen molar-refractivity contribution in [3.05, 3.63) is 43.8 Å². The molecule has 2 aromatic rings. The molecule has 0 amide bonds. The number of hydrogen-bond donors (Lipinski definition) is 0. The summed E-state index contributed by atoms with van der Waals surface area (Å²) >= 11 is 4.51. The number of aromatic nitrogens is 2. The van der Waals surface area contributed by atoms with Crippen LogP contribution in [0.3, 0.4) is 0 Å². The Hall–Kier alpha value is -0.110. The van der Waals surface area contributed by atoms with Crippen molar-refractivity contribution in [2.45, 2.75) is 0 Å². The maximum absolute atomic E-state index is 4.38. The van der Waals surface area contributed by atoms with Crippen LogP contribution in [-0.4, -0.2) is 9.78 Å². The van der Waals surface area contributed by atoms with Crippen LogP contribution in [0.15, 0.2) is 36.5 Å². The molecule has 4 heteroatoms. The minimum atomic E-state index is 1.04. The highest BCUT2D eigenvalue weighted by molar-refractivity contribution is 14.1. The molecule has 0 aliphatic heterocycles. The number of rotatable bonds is 1. The predicted molar refractivity (Wildman–Crippen MR) is 69.0 cm³/mol. The van der Waals surface area contributed by atoms with Crippen molar-refractivity contribution in [2.24, 2.45) is 0 Å². The highest BCUT2D eigenvalue weighted by Crippen LogP contribution is 2.15. The van der Waals surface area contributed by atoms with Gasteiger partial charge in [-0.1, -0.05) is 18.2 Å². The molecule has 0 saturated carbocycles. The maximum Gasteiger partial charge on any atom is 0.137 e. The van der Waals surface area contributed by atoms with Crippen LogP contribution in [0.1, 0.15) is 0 Å². The fourth-order valence-corrected chi connectivity index (χ4v) is 1.79. The summed E-state index contributed by atoms with van der Waals surface area (Å²) in [6, 6.07) is 10.1. The van der Waals surface area contributed by atoms with E-state index in [1.807, 2.05) is 41.2 Å². The Balaban J connectivity index is 2.48. The second kappa shape index (κ2) is 3.95. The molecule has 0 saturated heterocycles. The average Bonchev–Trinajstić information content (AvgIpc) is 2.49. The van der Waals surface area contributed by atoms with Gasteiger partial charge in [-0.25, -0.2) is 4.68 Å². The van der Waals surface area contributed by atoms with Crippen molar-refractivity contribution >= 4 is 45.2 Å². The normalized spacial score (nSPS) is 10.3. The molecule has 2 nitrogen and oxygen atoms in total. The van der Waals surface area contributed by atoms with Gasteiger partial charge in [0.25, 0.3) is 0 Å². The van der Waals surface area contributed by atoms with Gasteiger partial charge in [-0.15, -0.1) is 0 Å². The van der Waals surface area contributed by atoms with Gasteiger partial charge in [-0.2, -0.15) is 5.10 Å². The van der Waals surface area contributed by atoms with Gasteiger partial charge in [0.1, 0.15) is 3.70 Å². The van der Waals surface area contributed by atoms with E-state index < -0.39 is 0 Å². The van der Waals surface area contributed by atoms with E-state index in [2.05, 4.69) is 50.3 Å². The van der Waals surface area contributed by atoms with Gasteiger partial charge in [0.05, 0.1) is 9.26 Å². The van der Waals surface area contributed by atoms with Crippen molar-refractivity contribution < 1.29 is 0 Å². The van der Waals surface area contributed by atoms with Crippen LogP contribution >= 0.6 is 45.2 Å². The number of hydrogen-bond acceptors (Lipinski definition) is 1. The van der Waals surface area contributed by atoms with E-state index in [1.165, 1.54) is 3.57 Å². The first-order chi connectivity index (χ1) is 6.27. The molecule has 0 spiro atoms. The number of benzene rings is 1. The van der Waals surface area contributed by atoms with Crippen molar-refractivity contribution in [3.8, 4) is 5.69 Å². The summed E-state index contributed by atoms with van der Waals surface area (Å²) in [4.78, 5) is 0. The van der Waals surface area contributed by atoms with Gasteiger partial charge in [-0.05, 0) is 57.3 Å². The molecule has 1 aromatic carbocycles. The summed E-state index contributed by atoms with van der Waals surface area (Å²) in [6.45, 7) is 0. The zero-order valence-corrected chi connectivity index (χ0v) is 10.9. The Bertz CT molecular complexity index is 389. The molecule has 0 fully saturated rings. The second-order valence-electron chi connectivity index (χ2n) is 2.55. The fourth-order valence-electron chi connectivity index (χ4n) is 1.04. The molecule has 0 N–H and O–H groups in total. The Morgan fingerprint density at radius 3 is 2.31 bits per heavy atom. The van der Waals surface area contributed by atoms with Crippen LogP contribution in [0, 0.1) is 7.27 Å². The zero-order valence-electron chi connectivity index (χ0n) is 6.61. The SMILES string of the molecule is Ic1cn(-c2ccccc2)nc1I. The molecule has 1 aromatic heterocycles. The molecule has 0 bridgehead atoms. The molecule has 0 aliphatic carbocycles. The van der Waals surface area contributed by atoms with Gasteiger partial charge in [-0.3, -0.25) is 0 Å². The molecule has 1 heterocycles. The third-order valence-corrected chi connectivity index (χ3v) is 4.27. The highest BCUT2D eigenvalue weighted by Gasteiger charge is 2.03.